The van der Waals surface area contributed by atoms with Gasteiger partial charge in [-0.3, -0.25) is 4.79 Å². The zero-order chi connectivity index (χ0) is 15.3. The Kier molecular flexibility index (Phi) is 4.63. The molecule has 0 aromatic heterocycles. The largest absolute Gasteiger partial charge is 0.355 e. The molecular formula is C18H22N2O. The van der Waals surface area contributed by atoms with Crippen molar-refractivity contribution in [3.05, 3.63) is 60.2 Å². The molecule has 0 fully saturated rings. The van der Waals surface area contributed by atoms with Crippen molar-refractivity contribution in [2.24, 2.45) is 0 Å². The predicted molar refractivity (Wildman–Crippen MR) is 87.8 cm³/mol. The SMILES string of the molecule is CC(C)(C)NC(=O)Cc1ccccc1Nc1ccccc1. The van der Waals surface area contributed by atoms with Crippen molar-refractivity contribution in [1.82, 2.24) is 5.32 Å². The molecule has 0 aliphatic rings. The summed E-state index contributed by atoms with van der Waals surface area (Å²) in [5.74, 6) is 0.0322. The lowest BCUT2D eigenvalue weighted by Gasteiger charge is -2.21. The molecule has 1 amide bonds. The van der Waals surface area contributed by atoms with Crippen LogP contribution in [0.25, 0.3) is 0 Å². The smallest absolute Gasteiger partial charge is 0.224 e. The number of hydrogen-bond donors (Lipinski definition) is 2. The summed E-state index contributed by atoms with van der Waals surface area (Å²) in [5, 5.41) is 6.35. The molecule has 3 heteroatoms. The first kappa shape index (κ1) is 15.1. The van der Waals surface area contributed by atoms with Crippen LogP contribution < -0.4 is 10.6 Å². The Balaban J connectivity index is 2.12. The van der Waals surface area contributed by atoms with Gasteiger partial charge in [0.05, 0.1) is 6.42 Å². The van der Waals surface area contributed by atoms with E-state index in [0.717, 1.165) is 16.9 Å². The van der Waals surface area contributed by atoms with Gasteiger partial charge in [0.25, 0.3) is 0 Å². The molecule has 0 atom stereocenters. The topological polar surface area (TPSA) is 41.1 Å². The second-order valence-corrected chi connectivity index (χ2v) is 6.12. The molecule has 0 bridgehead atoms. The zero-order valence-electron chi connectivity index (χ0n) is 12.8. The highest BCUT2D eigenvalue weighted by atomic mass is 16.1. The van der Waals surface area contributed by atoms with Gasteiger partial charge in [0.2, 0.25) is 5.91 Å². The average Bonchev–Trinajstić information content (AvgIpc) is 2.40. The highest BCUT2D eigenvalue weighted by Gasteiger charge is 2.15. The molecule has 0 radical (unpaired) electrons. The number of carbonyl (C=O) groups excluding carboxylic acids is 1. The highest BCUT2D eigenvalue weighted by Crippen LogP contribution is 2.21. The number of para-hydroxylation sites is 2. The van der Waals surface area contributed by atoms with Gasteiger partial charge in [-0.2, -0.15) is 0 Å². The molecule has 21 heavy (non-hydrogen) atoms. The molecule has 0 saturated carbocycles. The van der Waals surface area contributed by atoms with Crippen LogP contribution in [0.5, 0.6) is 0 Å². The quantitative estimate of drug-likeness (QED) is 0.893. The van der Waals surface area contributed by atoms with Gasteiger partial charge in [-0.15, -0.1) is 0 Å². The van der Waals surface area contributed by atoms with Crippen molar-refractivity contribution >= 4 is 17.3 Å². The average molecular weight is 282 g/mol. The molecule has 0 aliphatic heterocycles. The van der Waals surface area contributed by atoms with Crippen molar-refractivity contribution < 1.29 is 4.79 Å². The second-order valence-electron chi connectivity index (χ2n) is 6.12. The maximum Gasteiger partial charge on any atom is 0.224 e. The van der Waals surface area contributed by atoms with Gasteiger partial charge in [-0.25, -0.2) is 0 Å². The lowest BCUT2D eigenvalue weighted by atomic mass is 10.1. The van der Waals surface area contributed by atoms with E-state index in [0.29, 0.717) is 6.42 Å². The first-order chi connectivity index (χ1) is 9.94. The maximum atomic E-state index is 12.1. The summed E-state index contributed by atoms with van der Waals surface area (Å²) in [6.07, 6.45) is 0.368. The Labute approximate surface area is 126 Å². The van der Waals surface area contributed by atoms with E-state index in [1.54, 1.807) is 0 Å². The third-order valence-electron chi connectivity index (χ3n) is 2.94. The van der Waals surface area contributed by atoms with Crippen molar-refractivity contribution in [2.45, 2.75) is 32.7 Å². The molecule has 2 aromatic carbocycles. The Morgan fingerprint density at radius 1 is 0.952 bits per heavy atom. The van der Waals surface area contributed by atoms with E-state index < -0.39 is 0 Å². The van der Waals surface area contributed by atoms with Gasteiger partial charge in [-0.1, -0.05) is 36.4 Å². The van der Waals surface area contributed by atoms with Crippen LogP contribution in [-0.4, -0.2) is 11.4 Å². The van der Waals surface area contributed by atoms with E-state index in [2.05, 4.69) is 10.6 Å². The van der Waals surface area contributed by atoms with Crippen LogP contribution in [0.1, 0.15) is 26.3 Å². The van der Waals surface area contributed by atoms with Gasteiger partial charge < -0.3 is 10.6 Å². The van der Waals surface area contributed by atoms with Gasteiger partial charge in [0, 0.05) is 16.9 Å². The molecule has 0 spiro atoms. The third-order valence-corrected chi connectivity index (χ3v) is 2.94. The Morgan fingerprint density at radius 3 is 2.24 bits per heavy atom. The number of hydrogen-bond acceptors (Lipinski definition) is 2. The molecular weight excluding hydrogens is 260 g/mol. The van der Waals surface area contributed by atoms with Crippen molar-refractivity contribution in [1.29, 1.82) is 0 Å². The van der Waals surface area contributed by atoms with Crippen molar-refractivity contribution in [3.63, 3.8) is 0 Å². The molecule has 110 valence electrons. The highest BCUT2D eigenvalue weighted by molar-refractivity contribution is 5.81. The van der Waals surface area contributed by atoms with Gasteiger partial charge in [-0.05, 0) is 44.5 Å². The maximum absolute atomic E-state index is 12.1. The van der Waals surface area contributed by atoms with Crippen LogP contribution in [-0.2, 0) is 11.2 Å². The van der Waals surface area contributed by atoms with Crippen LogP contribution >= 0.6 is 0 Å². The van der Waals surface area contributed by atoms with Crippen LogP contribution in [0, 0.1) is 0 Å². The van der Waals surface area contributed by atoms with Crippen LogP contribution in [0.4, 0.5) is 11.4 Å². The fourth-order valence-corrected chi connectivity index (χ4v) is 2.11. The Hall–Kier alpha value is -2.29. The first-order valence-electron chi connectivity index (χ1n) is 7.15. The van der Waals surface area contributed by atoms with E-state index in [4.69, 9.17) is 0 Å². The van der Waals surface area contributed by atoms with E-state index in [9.17, 15) is 4.79 Å². The lowest BCUT2D eigenvalue weighted by molar-refractivity contribution is -0.121. The van der Waals surface area contributed by atoms with E-state index in [-0.39, 0.29) is 11.4 Å². The number of amides is 1. The van der Waals surface area contributed by atoms with Gasteiger partial charge >= 0.3 is 0 Å². The van der Waals surface area contributed by atoms with Crippen LogP contribution in [0.15, 0.2) is 54.6 Å². The first-order valence-corrected chi connectivity index (χ1v) is 7.15. The minimum atomic E-state index is -0.209. The van der Waals surface area contributed by atoms with Gasteiger partial charge in [0.15, 0.2) is 0 Å². The monoisotopic (exact) mass is 282 g/mol. The molecule has 2 aromatic rings. The molecule has 2 N–H and O–H groups in total. The summed E-state index contributed by atoms with van der Waals surface area (Å²) in [4.78, 5) is 12.1. The molecule has 0 heterocycles. The number of nitrogens with one attached hydrogen (secondary N) is 2. The summed E-state index contributed by atoms with van der Waals surface area (Å²) in [6, 6.07) is 17.9. The van der Waals surface area contributed by atoms with Crippen molar-refractivity contribution in [3.8, 4) is 0 Å². The summed E-state index contributed by atoms with van der Waals surface area (Å²) < 4.78 is 0. The second kappa shape index (κ2) is 6.44. The number of benzene rings is 2. The minimum absolute atomic E-state index is 0.0322. The summed E-state index contributed by atoms with van der Waals surface area (Å²) >= 11 is 0. The molecule has 0 aliphatic carbocycles. The lowest BCUT2D eigenvalue weighted by Crippen LogP contribution is -2.41. The summed E-state index contributed by atoms with van der Waals surface area (Å²) in [5.41, 5.74) is 2.76. The molecule has 3 nitrogen and oxygen atoms in total. The van der Waals surface area contributed by atoms with E-state index in [1.165, 1.54) is 0 Å². The standard InChI is InChI=1S/C18H22N2O/c1-18(2,3)20-17(21)13-14-9-7-8-12-16(14)19-15-10-5-4-6-11-15/h4-12,19H,13H2,1-3H3,(H,20,21). The predicted octanol–water partition coefficient (Wildman–Crippen LogP) is 3.89. The third kappa shape index (κ3) is 4.95. The number of rotatable bonds is 4. The molecule has 0 saturated heterocycles. The number of carbonyl (C=O) groups is 1. The van der Waals surface area contributed by atoms with Gasteiger partial charge in [0.1, 0.15) is 0 Å². The van der Waals surface area contributed by atoms with Crippen LogP contribution in [0.2, 0.25) is 0 Å². The van der Waals surface area contributed by atoms with E-state index in [1.807, 2.05) is 75.4 Å². The van der Waals surface area contributed by atoms with E-state index >= 15 is 0 Å². The van der Waals surface area contributed by atoms with Crippen LogP contribution in [0.3, 0.4) is 0 Å². The molecule has 0 unspecified atom stereocenters. The number of anilines is 2. The summed E-state index contributed by atoms with van der Waals surface area (Å²) in [7, 11) is 0. The van der Waals surface area contributed by atoms with Crippen molar-refractivity contribution in [2.75, 3.05) is 5.32 Å². The molecule has 2 rings (SSSR count). The Morgan fingerprint density at radius 2 is 1.57 bits per heavy atom. The fourth-order valence-electron chi connectivity index (χ4n) is 2.11. The zero-order valence-corrected chi connectivity index (χ0v) is 12.8. The normalized spacial score (nSPS) is 11.0. The minimum Gasteiger partial charge on any atom is -0.355 e. The summed E-state index contributed by atoms with van der Waals surface area (Å²) in [6.45, 7) is 5.96. The Bertz CT molecular complexity index is 600. The fraction of sp³-hybridized carbons (Fsp3) is 0.278.